The zero-order valence-corrected chi connectivity index (χ0v) is 14.7. The van der Waals surface area contributed by atoms with Gasteiger partial charge in [0.2, 0.25) is 5.91 Å². The van der Waals surface area contributed by atoms with Crippen LogP contribution in [0.15, 0.2) is 57.8 Å². The van der Waals surface area contributed by atoms with E-state index >= 15 is 0 Å². The van der Waals surface area contributed by atoms with Gasteiger partial charge in [0.05, 0.1) is 23.4 Å². The van der Waals surface area contributed by atoms with Crippen LogP contribution >= 0.6 is 11.8 Å². The fourth-order valence-electron chi connectivity index (χ4n) is 2.18. The van der Waals surface area contributed by atoms with E-state index < -0.39 is 15.8 Å². The number of sulfonamides is 1. The second-order valence-corrected chi connectivity index (χ2v) is 7.57. The normalized spacial score (nSPS) is 16.5. The van der Waals surface area contributed by atoms with Gasteiger partial charge in [0.25, 0.3) is 10.0 Å². The van der Waals surface area contributed by atoms with E-state index in [4.69, 9.17) is 4.74 Å². The molecule has 3 rings (SSSR count). The number of benzene rings is 2. The Bertz CT molecular complexity index is 926. The number of hydrogen-bond acceptors (Lipinski definition) is 5. The molecule has 0 aliphatic carbocycles. The number of rotatable bonds is 4. The Morgan fingerprint density at radius 3 is 2.36 bits per heavy atom. The minimum atomic E-state index is -4.06. The second kappa shape index (κ2) is 6.85. The van der Waals surface area contributed by atoms with Gasteiger partial charge in [-0.25, -0.2) is 4.39 Å². The van der Waals surface area contributed by atoms with Gasteiger partial charge in [-0.2, -0.15) is 8.42 Å². The Balaban J connectivity index is 1.97. The first kappa shape index (κ1) is 17.4. The van der Waals surface area contributed by atoms with Gasteiger partial charge < -0.3 is 4.74 Å². The van der Waals surface area contributed by atoms with E-state index in [-0.39, 0.29) is 21.7 Å². The van der Waals surface area contributed by atoms with E-state index in [1.54, 1.807) is 24.3 Å². The number of carbonyl (C=O) groups excluding carboxylic acids is 1. The molecule has 1 saturated heterocycles. The quantitative estimate of drug-likeness (QED) is 0.815. The van der Waals surface area contributed by atoms with Crippen molar-refractivity contribution >= 4 is 38.5 Å². The van der Waals surface area contributed by atoms with E-state index in [0.717, 1.165) is 36.0 Å². The monoisotopic (exact) mass is 380 g/mol. The Labute approximate surface area is 148 Å². The first-order valence-corrected chi connectivity index (χ1v) is 9.53. The first-order valence-electron chi connectivity index (χ1n) is 7.11. The van der Waals surface area contributed by atoms with Gasteiger partial charge in [0.15, 0.2) is 5.17 Å². The Kier molecular flexibility index (Phi) is 4.78. The molecule has 1 aliphatic heterocycles. The average molecular weight is 380 g/mol. The lowest BCUT2D eigenvalue weighted by atomic mass is 10.3. The topological polar surface area (TPSA) is 76.0 Å². The molecule has 130 valence electrons. The lowest BCUT2D eigenvalue weighted by molar-refractivity contribution is -0.115. The van der Waals surface area contributed by atoms with Crippen LogP contribution in [0, 0.1) is 5.82 Å². The number of amides is 1. The number of hydrogen-bond donors (Lipinski definition) is 0. The Morgan fingerprint density at radius 1 is 1.12 bits per heavy atom. The van der Waals surface area contributed by atoms with Crippen molar-refractivity contribution in [3.05, 3.63) is 54.3 Å². The average Bonchev–Trinajstić information content (AvgIpc) is 2.95. The first-order chi connectivity index (χ1) is 11.9. The summed E-state index contributed by atoms with van der Waals surface area (Å²) in [4.78, 5) is 13.3. The number of methoxy groups -OCH3 is 1. The summed E-state index contributed by atoms with van der Waals surface area (Å²) in [7, 11) is -2.53. The van der Waals surface area contributed by atoms with Crippen LogP contribution in [0.5, 0.6) is 5.75 Å². The molecule has 1 amide bonds. The third-order valence-corrected chi connectivity index (χ3v) is 5.73. The van der Waals surface area contributed by atoms with Gasteiger partial charge in [-0.05, 0) is 48.5 Å². The molecule has 1 fully saturated rings. The largest absolute Gasteiger partial charge is 0.497 e. The van der Waals surface area contributed by atoms with E-state index in [1.165, 1.54) is 12.0 Å². The fraction of sp³-hybridized carbons (Fsp3) is 0.125. The third-order valence-electron chi connectivity index (χ3n) is 3.41. The van der Waals surface area contributed by atoms with Crippen LogP contribution in [-0.4, -0.2) is 32.4 Å². The molecule has 0 unspecified atom stereocenters. The zero-order chi connectivity index (χ0) is 18.0. The molecule has 0 bridgehead atoms. The van der Waals surface area contributed by atoms with Gasteiger partial charge in [-0.1, -0.05) is 11.8 Å². The number of thioether (sulfide) groups is 1. The maximum Gasteiger partial charge on any atom is 0.284 e. The number of amidine groups is 1. The lowest BCUT2D eigenvalue weighted by Gasteiger charge is -2.16. The Hall–Kier alpha value is -2.39. The molecule has 25 heavy (non-hydrogen) atoms. The zero-order valence-electron chi connectivity index (χ0n) is 13.0. The summed E-state index contributed by atoms with van der Waals surface area (Å²) in [6, 6.07) is 11.0. The van der Waals surface area contributed by atoms with Crippen molar-refractivity contribution in [1.82, 2.24) is 0 Å². The van der Waals surface area contributed by atoms with E-state index in [2.05, 4.69) is 4.40 Å². The third kappa shape index (κ3) is 3.67. The predicted octanol–water partition coefficient (Wildman–Crippen LogP) is 2.66. The maximum absolute atomic E-state index is 13.0. The van der Waals surface area contributed by atoms with Crippen molar-refractivity contribution in [3.8, 4) is 5.75 Å². The highest BCUT2D eigenvalue weighted by Gasteiger charge is 2.31. The van der Waals surface area contributed by atoms with Gasteiger partial charge in [0.1, 0.15) is 11.6 Å². The summed E-state index contributed by atoms with van der Waals surface area (Å²) in [6.45, 7) is 0. The molecule has 1 heterocycles. The Morgan fingerprint density at radius 2 is 1.76 bits per heavy atom. The highest BCUT2D eigenvalue weighted by molar-refractivity contribution is 8.16. The standard InChI is InChI=1S/C16H13FN2O4S2/c1-23-13-6-4-12(5-7-13)19-15(20)10-24-16(19)18-25(21,22)14-8-2-11(17)3-9-14/h2-9H,10H2,1H3/b18-16-. The molecule has 1 aliphatic rings. The van der Waals surface area contributed by atoms with Crippen LogP contribution in [0.3, 0.4) is 0 Å². The smallest absolute Gasteiger partial charge is 0.284 e. The van der Waals surface area contributed by atoms with Crippen LogP contribution in [0.4, 0.5) is 10.1 Å². The molecule has 0 saturated carbocycles. The number of ether oxygens (including phenoxy) is 1. The number of anilines is 1. The van der Waals surface area contributed by atoms with Gasteiger partial charge in [-0.15, -0.1) is 4.40 Å². The summed E-state index contributed by atoms with van der Waals surface area (Å²) in [6.07, 6.45) is 0. The van der Waals surface area contributed by atoms with E-state index in [0.29, 0.717) is 11.4 Å². The molecular formula is C16H13FN2O4S2. The summed E-state index contributed by atoms with van der Waals surface area (Å²) < 4.78 is 46.6. The lowest BCUT2D eigenvalue weighted by Crippen LogP contribution is -2.29. The van der Waals surface area contributed by atoms with E-state index in [9.17, 15) is 17.6 Å². The summed E-state index contributed by atoms with van der Waals surface area (Å²) >= 11 is 1.03. The molecule has 6 nitrogen and oxygen atoms in total. The van der Waals surface area contributed by atoms with Gasteiger partial charge >= 0.3 is 0 Å². The van der Waals surface area contributed by atoms with Crippen molar-refractivity contribution in [1.29, 1.82) is 0 Å². The highest BCUT2D eigenvalue weighted by atomic mass is 32.2. The number of halogens is 1. The van der Waals surface area contributed by atoms with Crippen LogP contribution in [-0.2, 0) is 14.8 Å². The van der Waals surface area contributed by atoms with Crippen molar-refractivity contribution < 1.29 is 22.3 Å². The van der Waals surface area contributed by atoms with Crippen molar-refractivity contribution in [3.63, 3.8) is 0 Å². The molecule has 0 aromatic heterocycles. The fourth-order valence-corrected chi connectivity index (χ4v) is 4.27. The molecule has 0 N–H and O–H groups in total. The maximum atomic E-state index is 13.0. The van der Waals surface area contributed by atoms with Crippen molar-refractivity contribution in [2.24, 2.45) is 4.40 Å². The molecule has 2 aromatic carbocycles. The van der Waals surface area contributed by atoms with Crippen LogP contribution < -0.4 is 9.64 Å². The molecule has 0 spiro atoms. The van der Waals surface area contributed by atoms with E-state index in [1.807, 2.05) is 0 Å². The highest BCUT2D eigenvalue weighted by Crippen LogP contribution is 2.29. The van der Waals surface area contributed by atoms with Crippen LogP contribution in [0.2, 0.25) is 0 Å². The molecular weight excluding hydrogens is 367 g/mol. The molecule has 2 aromatic rings. The minimum Gasteiger partial charge on any atom is -0.497 e. The molecule has 0 radical (unpaired) electrons. The second-order valence-electron chi connectivity index (χ2n) is 5.02. The van der Waals surface area contributed by atoms with Crippen molar-refractivity contribution in [2.45, 2.75) is 4.90 Å². The number of carbonyl (C=O) groups is 1. The molecule has 9 heteroatoms. The predicted molar refractivity (Wildman–Crippen MR) is 94.0 cm³/mol. The summed E-state index contributed by atoms with van der Waals surface area (Å²) in [5, 5.41) is 0.0551. The molecule has 0 atom stereocenters. The summed E-state index contributed by atoms with van der Waals surface area (Å²) in [5.74, 6) is -0.121. The number of nitrogens with zero attached hydrogens (tertiary/aromatic N) is 2. The minimum absolute atomic E-state index is 0.0551. The van der Waals surface area contributed by atoms with Gasteiger partial charge in [0, 0.05) is 0 Å². The van der Waals surface area contributed by atoms with Crippen molar-refractivity contribution in [2.75, 3.05) is 17.8 Å². The SMILES string of the molecule is COc1ccc(N2C(=O)CS/C2=N\S(=O)(=O)c2ccc(F)cc2)cc1. The summed E-state index contributed by atoms with van der Waals surface area (Å²) in [5.41, 5.74) is 0.490. The van der Waals surface area contributed by atoms with Gasteiger partial charge in [-0.3, -0.25) is 9.69 Å². The van der Waals surface area contributed by atoms with Crippen LogP contribution in [0.1, 0.15) is 0 Å². The van der Waals surface area contributed by atoms with Crippen LogP contribution in [0.25, 0.3) is 0 Å².